The van der Waals surface area contributed by atoms with E-state index in [0.717, 1.165) is 4.90 Å². The van der Waals surface area contributed by atoms with Crippen molar-refractivity contribution in [1.82, 2.24) is 4.90 Å². The normalized spacial score (nSPS) is 16.7. The minimum absolute atomic E-state index is 0. The maximum atomic E-state index is 12.8. The molecule has 0 fully saturated rings. The summed E-state index contributed by atoms with van der Waals surface area (Å²) in [5.41, 5.74) is 0.866. The van der Waals surface area contributed by atoms with Crippen LogP contribution in [0, 0.1) is 17.9 Å². The van der Waals surface area contributed by atoms with Crippen molar-refractivity contribution in [3.05, 3.63) is 34.3 Å². The maximum Gasteiger partial charge on any atom is 0.256 e. The average Bonchev–Trinajstić information content (AvgIpc) is 2.53. The Kier molecular flexibility index (Phi) is 9.58. The Hall–Kier alpha value is -0.476. The molecular formula is C17H14BrClF2NO2Y-. The van der Waals surface area contributed by atoms with E-state index in [1.165, 1.54) is 0 Å². The zero-order valence-electron chi connectivity index (χ0n) is 13.4. The molecule has 131 valence electrons. The monoisotopic (exact) mass is 505 g/mol. The fourth-order valence-electron chi connectivity index (χ4n) is 2.18. The van der Waals surface area contributed by atoms with Crippen molar-refractivity contribution in [1.29, 1.82) is 0 Å². The van der Waals surface area contributed by atoms with Crippen LogP contribution in [0.15, 0.2) is 22.7 Å². The molecule has 1 amide bonds. The summed E-state index contributed by atoms with van der Waals surface area (Å²) in [6.45, 7) is 1.24. The van der Waals surface area contributed by atoms with Crippen LogP contribution in [0.25, 0.3) is 5.70 Å². The number of nitrogens with zero attached hydrogens (tertiary/aromatic N) is 1. The van der Waals surface area contributed by atoms with E-state index in [2.05, 4.69) is 33.8 Å². The molecule has 0 aromatic heterocycles. The minimum atomic E-state index is -2.67. The van der Waals surface area contributed by atoms with E-state index in [0.29, 0.717) is 21.5 Å². The van der Waals surface area contributed by atoms with Gasteiger partial charge in [-0.25, -0.2) is 14.9 Å². The number of hydrogen-bond donors (Lipinski definition) is 0. The third kappa shape index (κ3) is 6.03. The summed E-state index contributed by atoms with van der Waals surface area (Å²) in [6, 6.07) is 5.06. The number of rotatable bonds is 5. The first-order valence-corrected chi connectivity index (χ1v) is 8.33. The molecule has 1 aromatic rings. The smallest absolute Gasteiger partial charge is 0.256 e. The van der Waals surface area contributed by atoms with Crippen LogP contribution in [-0.4, -0.2) is 35.8 Å². The first kappa shape index (κ1) is 22.6. The van der Waals surface area contributed by atoms with Gasteiger partial charge in [0.05, 0.1) is 6.54 Å². The van der Waals surface area contributed by atoms with Crippen LogP contribution < -0.4 is 4.74 Å². The summed E-state index contributed by atoms with van der Waals surface area (Å²) in [6.07, 6.45) is 0.455. The first-order chi connectivity index (χ1) is 11.4. The van der Waals surface area contributed by atoms with Crippen molar-refractivity contribution in [2.75, 3.05) is 13.2 Å². The summed E-state index contributed by atoms with van der Waals surface area (Å²) >= 11 is 9.26. The Labute approximate surface area is 184 Å². The van der Waals surface area contributed by atoms with Crippen molar-refractivity contribution in [2.45, 2.75) is 25.1 Å². The quantitative estimate of drug-likeness (QED) is 0.342. The molecule has 1 unspecified atom stereocenters. The van der Waals surface area contributed by atoms with Crippen LogP contribution in [0.3, 0.4) is 0 Å². The van der Waals surface area contributed by atoms with Crippen LogP contribution in [0.1, 0.15) is 18.9 Å². The van der Waals surface area contributed by atoms with E-state index in [1.54, 1.807) is 25.1 Å². The number of carbonyl (C=O) groups is 1. The van der Waals surface area contributed by atoms with E-state index in [-0.39, 0.29) is 45.7 Å². The van der Waals surface area contributed by atoms with Gasteiger partial charge in [-0.05, 0) is 19.1 Å². The molecule has 25 heavy (non-hydrogen) atoms. The fraction of sp³-hybridized carbons (Fsp3) is 0.353. The van der Waals surface area contributed by atoms with Gasteiger partial charge in [-0.1, -0.05) is 32.7 Å². The third-order valence-corrected chi connectivity index (χ3v) is 4.25. The second-order valence-electron chi connectivity index (χ2n) is 4.89. The van der Waals surface area contributed by atoms with Crippen molar-refractivity contribution in [3.8, 4) is 17.6 Å². The summed E-state index contributed by atoms with van der Waals surface area (Å²) in [4.78, 5) is 13.1. The minimum Gasteiger partial charge on any atom is -0.481 e. The molecule has 0 saturated heterocycles. The van der Waals surface area contributed by atoms with Crippen molar-refractivity contribution in [3.63, 3.8) is 0 Å². The van der Waals surface area contributed by atoms with Crippen LogP contribution >= 0.6 is 27.5 Å². The SMILES string of the molecule is CC#CCOc1ccc(C2=[C-]CC(Cl)C(=O)N2CC(F)F)c(Br)c1.[Y]. The van der Waals surface area contributed by atoms with E-state index in [1.807, 2.05) is 0 Å². The molecular weight excluding hydrogens is 492 g/mol. The second-order valence-corrected chi connectivity index (χ2v) is 6.28. The van der Waals surface area contributed by atoms with Gasteiger partial charge in [0.2, 0.25) is 5.91 Å². The molecule has 3 nitrogen and oxygen atoms in total. The molecule has 0 spiro atoms. The largest absolute Gasteiger partial charge is 0.481 e. The Morgan fingerprint density at radius 2 is 2.24 bits per heavy atom. The molecule has 0 bridgehead atoms. The number of ether oxygens (including phenoxy) is 1. The van der Waals surface area contributed by atoms with E-state index < -0.39 is 24.3 Å². The summed E-state index contributed by atoms with van der Waals surface area (Å²) < 4.78 is 31.7. The topological polar surface area (TPSA) is 29.5 Å². The Morgan fingerprint density at radius 1 is 1.52 bits per heavy atom. The number of carbonyl (C=O) groups excluding carboxylic acids is 1. The van der Waals surface area contributed by atoms with Gasteiger partial charge in [0.1, 0.15) is 17.7 Å². The zero-order valence-corrected chi connectivity index (χ0v) is 18.5. The molecule has 1 aliphatic rings. The van der Waals surface area contributed by atoms with Gasteiger partial charge < -0.3 is 9.64 Å². The first-order valence-electron chi connectivity index (χ1n) is 7.10. The maximum absolute atomic E-state index is 12.8. The van der Waals surface area contributed by atoms with Crippen LogP contribution in [-0.2, 0) is 37.5 Å². The molecule has 1 aliphatic heterocycles. The fourth-order valence-corrected chi connectivity index (χ4v) is 2.92. The number of allylic oxidation sites excluding steroid dienone is 1. The molecule has 1 atom stereocenters. The summed E-state index contributed by atoms with van der Waals surface area (Å²) in [7, 11) is 0. The van der Waals surface area contributed by atoms with E-state index in [9.17, 15) is 13.6 Å². The Morgan fingerprint density at radius 3 is 2.84 bits per heavy atom. The van der Waals surface area contributed by atoms with Crippen molar-refractivity contribution in [2.24, 2.45) is 0 Å². The van der Waals surface area contributed by atoms with Gasteiger partial charge in [-0.15, -0.1) is 34.8 Å². The van der Waals surface area contributed by atoms with Crippen LogP contribution in [0.2, 0.25) is 0 Å². The van der Waals surface area contributed by atoms with E-state index >= 15 is 0 Å². The number of hydrogen-bond acceptors (Lipinski definition) is 2. The standard InChI is InChI=1S/C17H14BrClF2NO2.Y/c1-2-3-8-24-11-4-5-12(13(18)9-11)15-7-6-14(19)17(23)22(15)10-16(20)21;/h4-5,9,14,16H,6,8,10H2,1H3;/q-1;. The van der Waals surface area contributed by atoms with Gasteiger partial charge in [0, 0.05) is 32.7 Å². The molecule has 2 rings (SSSR count). The molecule has 1 radical (unpaired) electrons. The van der Waals surface area contributed by atoms with Crippen LogP contribution in [0.4, 0.5) is 8.78 Å². The van der Waals surface area contributed by atoms with Gasteiger partial charge in [0.15, 0.2) is 0 Å². The number of halogens is 4. The molecule has 1 heterocycles. The van der Waals surface area contributed by atoms with Gasteiger partial charge in [-0.3, -0.25) is 4.79 Å². The van der Waals surface area contributed by atoms with Gasteiger partial charge in [0.25, 0.3) is 6.43 Å². The molecule has 0 saturated carbocycles. The number of amides is 1. The van der Waals surface area contributed by atoms with Crippen LogP contribution in [0.5, 0.6) is 5.75 Å². The zero-order chi connectivity index (χ0) is 17.7. The third-order valence-electron chi connectivity index (χ3n) is 3.26. The van der Waals surface area contributed by atoms with E-state index in [4.69, 9.17) is 16.3 Å². The predicted octanol–water partition coefficient (Wildman–Crippen LogP) is 4.10. The second kappa shape index (κ2) is 10.6. The summed E-state index contributed by atoms with van der Waals surface area (Å²) in [5.74, 6) is 5.53. The Balaban J connectivity index is 0.00000312. The number of alkyl halides is 3. The molecule has 8 heteroatoms. The predicted molar refractivity (Wildman–Crippen MR) is 91.7 cm³/mol. The Bertz CT molecular complexity index is 718. The van der Waals surface area contributed by atoms with Gasteiger partial charge >= 0.3 is 0 Å². The summed E-state index contributed by atoms with van der Waals surface area (Å²) in [5, 5.41) is -0.874. The molecule has 1 aromatic carbocycles. The van der Waals surface area contributed by atoms with Crippen molar-refractivity contribution < 1.29 is 51.0 Å². The average molecular weight is 507 g/mol. The van der Waals surface area contributed by atoms with Crippen molar-refractivity contribution >= 4 is 39.1 Å². The number of benzene rings is 1. The molecule has 0 N–H and O–H groups in total. The molecule has 0 aliphatic carbocycles. The van der Waals surface area contributed by atoms with Gasteiger partial charge in [-0.2, -0.15) is 0 Å².